The van der Waals surface area contributed by atoms with E-state index in [0.29, 0.717) is 11.4 Å². The van der Waals surface area contributed by atoms with Crippen molar-refractivity contribution >= 4 is 39.4 Å². The van der Waals surface area contributed by atoms with E-state index in [1.807, 2.05) is 58.7 Å². The van der Waals surface area contributed by atoms with Crippen LogP contribution in [-0.2, 0) is 14.3 Å². The van der Waals surface area contributed by atoms with Crippen molar-refractivity contribution < 1.29 is 14.3 Å². The first-order valence-corrected chi connectivity index (χ1v) is 20.3. The van der Waals surface area contributed by atoms with Crippen molar-refractivity contribution in [3.8, 4) is 0 Å². The van der Waals surface area contributed by atoms with Crippen LogP contribution in [0.5, 0.6) is 0 Å². The zero-order valence-corrected chi connectivity index (χ0v) is 30.2. The minimum Gasteiger partial charge on any atom is -0.319 e. The van der Waals surface area contributed by atoms with E-state index in [0.717, 1.165) is 16.4 Å². The predicted molar refractivity (Wildman–Crippen MR) is 177 cm³/mol. The van der Waals surface area contributed by atoms with Gasteiger partial charge in [-0.2, -0.15) is 5.06 Å². The van der Waals surface area contributed by atoms with Crippen LogP contribution in [0.3, 0.4) is 0 Å². The molecule has 40 heavy (non-hydrogen) atoms. The molecule has 0 aliphatic carbocycles. The van der Waals surface area contributed by atoms with E-state index in [9.17, 15) is 5.21 Å². The third-order valence-electron chi connectivity index (χ3n) is 8.11. The topological polar surface area (TPSA) is 48.1 Å². The van der Waals surface area contributed by atoms with E-state index in [2.05, 4.69) is 109 Å². The van der Waals surface area contributed by atoms with Crippen molar-refractivity contribution in [3.05, 3.63) is 48.5 Å². The van der Waals surface area contributed by atoms with Crippen molar-refractivity contribution in [2.45, 2.75) is 130 Å². The highest BCUT2D eigenvalue weighted by molar-refractivity contribution is 6.74. The summed E-state index contributed by atoms with van der Waals surface area (Å²) in [5.74, 6) is 0. The Morgan fingerprint density at radius 1 is 0.475 bits per heavy atom. The Morgan fingerprint density at radius 3 is 0.900 bits per heavy atom. The molecule has 2 rings (SSSR count). The first kappa shape index (κ1) is 34.4. The third kappa shape index (κ3) is 8.13. The van der Waals surface area contributed by atoms with Crippen LogP contribution in [0.2, 0.25) is 36.3 Å². The number of anilines is 4. The number of nitrogens with zero attached hydrogens (tertiary/aromatic N) is 3. The molecule has 2 aromatic carbocycles. The van der Waals surface area contributed by atoms with Gasteiger partial charge in [0.25, 0.3) is 0 Å². The summed E-state index contributed by atoms with van der Waals surface area (Å²) in [7, 11) is -4.12. The number of rotatable bonds is 8. The van der Waals surface area contributed by atoms with Crippen molar-refractivity contribution in [1.29, 1.82) is 0 Å². The lowest BCUT2D eigenvalue weighted by Crippen LogP contribution is -2.52. The molecule has 0 aromatic heterocycles. The zero-order chi connectivity index (χ0) is 31.1. The van der Waals surface area contributed by atoms with E-state index < -0.39 is 16.6 Å². The Balaban J connectivity index is 2.32. The van der Waals surface area contributed by atoms with Crippen LogP contribution in [0.15, 0.2) is 48.5 Å². The van der Waals surface area contributed by atoms with Crippen molar-refractivity contribution in [1.82, 2.24) is 0 Å². The van der Waals surface area contributed by atoms with E-state index in [1.165, 1.54) is 0 Å². The molecule has 0 fully saturated rings. The highest BCUT2D eigenvalue weighted by atomic mass is 28.4. The SMILES string of the molecule is CC(C)(C)N(O[Si](C)(C)C(C)(C)C)c1ccc(N([O])c2ccc(N(O[Si](C)(C)C(C)(C)C)C(C)(C)C)cc2)cc1. The van der Waals surface area contributed by atoms with Gasteiger partial charge in [0.2, 0.25) is 16.6 Å². The van der Waals surface area contributed by atoms with E-state index in [4.69, 9.17) is 9.05 Å². The smallest absolute Gasteiger partial charge is 0.228 e. The largest absolute Gasteiger partial charge is 0.319 e. The van der Waals surface area contributed by atoms with Gasteiger partial charge in [0.1, 0.15) is 0 Å². The molecule has 0 saturated heterocycles. The molecule has 225 valence electrons. The van der Waals surface area contributed by atoms with E-state index >= 15 is 0 Å². The van der Waals surface area contributed by atoms with Gasteiger partial charge in [-0.05, 0) is 126 Å². The molecular weight excluding hydrogens is 531 g/mol. The van der Waals surface area contributed by atoms with E-state index in [1.54, 1.807) is 0 Å². The van der Waals surface area contributed by atoms with Gasteiger partial charge in [0.05, 0.1) is 33.8 Å². The van der Waals surface area contributed by atoms with Gasteiger partial charge in [0, 0.05) is 0 Å². The van der Waals surface area contributed by atoms with E-state index in [-0.39, 0.29) is 21.2 Å². The normalized spacial score (nSPS) is 13.8. The highest BCUT2D eigenvalue weighted by Crippen LogP contribution is 2.41. The molecule has 6 nitrogen and oxygen atoms in total. The van der Waals surface area contributed by atoms with Crippen LogP contribution in [-0.4, -0.2) is 27.7 Å². The van der Waals surface area contributed by atoms with Gasteiger partial charge >= 0.3 is 0 Å². The van der Waals surface area contributed by atoms with Crippen LogP contribution >= 0.6 is 0 Å². The molecule has 0 atom stereocenters. The minimum atomic E-state index is -2.06. The summed E-state index contributed by atoms with van der Waals surface area (Å²) in [5, 5.41) is 18.5. The standard InChI is InChI=1S/C32H56N3O3Si2/c1-29(2,3)34(37-39(13,14)31(7,8)9)27-21-17-25(18-22-27)33(36)26-19-23-28(24-20-26)35(30(4,5)6)38-40(15,16)32(10,11)12/h17-24H,1-16H3. The molecule has 0 aliphatic rings. The minimum absolute atomic E-state index is 0.0761. The molecule has 2 aromatic rings. The molecular formula is C32H56N3O3Si2. The van der Waals surface area contributed by atoms with Gasteiger partial charge in [-0.25, -0.2) is 0 Å². The maximum absolute atomic E-state index is 13.4. The Kier molecular flexibility index (Phi) is 9.83. The second kappa shape index (κ2) is 11.4. The molecule has 8 heteroatoms. The molecule has 0 heterocycles. The maximum Gasteiger partial charge on any atom is 0.228 e. The lowest BCUT2D eigenvalue weighted by Gasteiger charge is -2.46. The van der Waals surface area contributed by atoms with Crippen molar-refractivity contribution in [3.63, 3.8) is 0 Å². The summed E-state index contributed by atoms with van der Waals surface area (Å²) in [5.41, 5.74) is 2.54. The molecule has 0 spiro atoms. The molecule has 0 N–H and O–H groups in total. The fourth-order valence-electron chi connectivity index (χ4n) is 3.48. The first-order chi connectivity index (χ1) is 17.8. The maximum atomic E-state index is 13.4. The number of hydrogen-bond donors (Lipinski definition) is 0. The highest BCUT2D eigenvalue weighted by Gasteiger charge is 2.43. The first-order valence-electron chi connectivity index (χ1n) is 14.4. The Hall–Kier alpha value is -1.85. The monoisotopic (exact) mass is 586 g/mol. The lowest BCUT2D eigenvalue weighted by molar-refractivity contribution is 0.185. The molecule has 1 radical (unpaired) electrons. The molecule has 0 bridgehead atoms. The second-order valence-electron chi connectivity index (χ2n) is 16.0. The van der Waals surface area contributed by atoms with Gasteiger partial charge in [-0.15, -0.1) is 0 Å². The average molecular weight is 587 g/mol. The molecule has 0 aliphatic heterocycles. The van der Waals surface area contributed by atoms with Crippen LogP contribution in [0.1, 0.15) is 83.1 Å². The Labute approximate surface area is 247 Å². The quantitative estimate of drug-likeness (QED) is 0.227. The van der Waals surface area contributed by atoms with Gasteiger partial charge in [0.15, 0.2) is 0 Å². The van der Waals surface area contributed by atoms with Crippen molar-refractivity contribution in [2.75, 3.05) is 15.2 Å². The van der Waals surface area contributed by atoms with Crippen LogP contribution in [0, 0.1) is 0 Å². The molecule has 0 unspecified atom stereocenters. The summed E-state index contributed by atoms with van der Waals surface area (Å²) in [6.45, 7) is 35.3. The van der Waals surface area contributed by atoms with Gasteiger partial charge < -0.3 is 9.05 Å². The summed E-state index contributed by atoms with van der Waals surface area (Å²) in [6, 6.07) is 15.4. The second-order valence-corrected chi connectivity index (χ2v) is 25.4. The Bertz CT molecular complexity index is 1020. The van der Waals surface area contributed by atoms with Crippen LogP contribution in [0.4, 0.5) is 22.7 Å². The van der Waals surface area contributed by atoms with Gasteiger partial charge in [-0.1, -0.05) is 46.7 Å². The fourth-order valence-corrected chi connectivity index (χ4v) is 5.70. The molecule has 0 saturated carbocycles. The average Bonchev–Trinajstić information content (AvgIpc) is 2.78. The van der Waals surface area contributed by atoms with Crippen LogP contribution in [0.25, 0.3) is 0 Å². The predicted octanol–water partition coefficient (Wildman–Crippen LogP) is 10.3. The summed E-state index contributed by atoms with van der Waals surface area (Å²) < 4.78 is 13.4. The summed E-state index contributed by atoms with van der Waals surface area (Å²) in [4.78, 5) is 0. The number of hydrogen-bond acceptors (Lipinski definition) is 5. The van der Waals surface area contributed by atoms with Crippen LogP contribution < -0.4 is 15.2 Å². The summed E-state index contributed by atoms with van der Waals surface area (Å²) in [6.07, 6.45) is 0. The lowest BCUT2D eigenvalue weighted by atomic mass is 10.1. The number of hydroxylamine groups is 2. The fraction of sp³-hybridized carbons (Fsp3) is 0.625. The number of benzene rings is 2. The zero-order valence-electron chi connectivity index (χ0n) is 28.2. The van der Waals surface area contributed by atoms with Crippen molar-refractivity contribution in [2.24, 2.45) is 0 Å². The third-order valence-corrected chi connectivity index (χ3v) is 16.6. The summed E-state index contributed by atoms with van der Waals surface area (Å²) >= 11 is 0. The van der Waals surface area contributed by atoms with Gasteiger partial charge in [-0.3, -0.25) is 10.1 Å². The molecule has 0 amide bonds. The Morgan fingerprint density at radius 2 is 0.700 bits per heavy atom.